The van der Waals surface area contributed by atoms with E-state index in [0.29, 0.717) is 0 Å². The maximum atomic E-state index is 9.40. The third-order valence-electron chi connectivity index (χ3n) is 2.11. The molecular weight excluding hydrogens is 180 g/mol. The van der Waals surface area contributed by atoms with Gasteiger partial charge in [-0.1, -0.05) is 12.1 Å². The molecule has 1 N–H and O–H groups in total. The van der Waals surface area contributed by atoms with E-state index in [1.807, 2.05) is 0 Å². The first-order valence-corrected chi connectivity index (χ1v) is 5.16. The molecule has 0 radical (unpaired) electrons. The summed E-state index contributed by atoms with van der Waals surface area (Å²) in [6, 6.07) is 8.42. The average Bonchev–Trinajstić information content (AvgIpc) is 2.46. The Kier molecular flexibility index (Phi) is 2.10. The first kappa shape index (κ1) is 8.73. The van der Waals surface area contributed by atoms with Gasteiger partial charge in [-0.15, -0.1) is 11.3 Å². The Hall–Kier alpha value is -0.860. The summed E-state index contributed by atoms with van der Waals surface area (Å²) in [5.41, 5.74) is 1.27. The molecule has 0 amide bonds. The largest absolute Gasteiger partial charge is 0.388 e. The molecule has 0 bridgehead atoms. The molecule has 13 heavy (non-hydrogen) atoms. The molecule has 1 aromatic carbocycles. The van der Waals surface area contributed by atoms with Crippen LogP contribution in [0, 0.1) is 6.92 Å². The molecule has 2 rings (SSSR count). The van der Waals surface area contributed by atoms with E-state index in [4.69, 9.17) is 0 Å². The lowest BCUT2D eigenvalue weighted by atomic mass is 10.2. The van der Waals surface area contributed by atoms with Crippen LogP contribution in [0.15, 0.2) is 24.3 Å². The van der Waals surface area contributed by atoms with E-state index in [0.717, 1.165) is 4.88 Å². The summed E-state index contributed by atoms with van der Waals surface area (Å²) in [7, 11) is 0. The van der Waals surface area contributed by atoms with Crippen LogP contribution in [0.1, 0.15) is 23.5 Å². The third kappa shape index (κ3) is 1.60. The summed E-state index contributed by atoms with van der Waals surface area (Å²) >= 11 is 1.67. The van der Waals surface area contributed by atoms with Gasteiger partial charge in [0.05, 0.1) is 6.10 Å². The standard InChI is InChI=1S/C11H12OS/c1-7-3-4-9-6-10(8(2)12)13-11(9)5-7/h3-6,8,12H,1-2H3. The molecule has 1 heterocycles. The Bertz CT molecular complexity index is 429. The first-order chi connectivity index (χ1) is 6.16. The van der Waals surface area contributed by atoms with E-state index in [-0.39, 0.29) is 6.10 Å². The Morgan fingerprint density at radius 1 is 1.31 bits per heavy atom. The topological polar surface area (TPSA) is 20.2 Å². The summed E-state index contributed by atoms with van der Waals surface area (Å²) in [4.78, 5) is 1.04. The van der Waals surface area contributed by atoms with Gasteiger partial charge >= 0.3 is 0 Å². The molecular formula is C11H12OS. The smallest absolute Gasteiger partial charge is 0.0854 e. The van der Waals surface area contributed by atoms with E-state index in [1.54, 1.807) is 18.3 Å². The van der Waals surface area contributed by atoms with Crippen molar-refractivity contribution in [3.8, 4) is 0 Å². The number of hydrogen-bond donors (Lipinski definition) is 1. The fourth-order valence-corrected chi connectivity index (χ4v) is 2.46. The van der Waals surface area contributed by atoms with Crippen LogP contribution in [0.3, 0.4) is 0 Å². The minimum Gasteiger partial charge on any atom is -0.388 e. The minimum atomic E-state index is -0.349. The molecule has 0 spiro atoms. The van der Waals surface area contributed by atoms with Gasteiger partial charge in [0, 0.05) is 9.58 Å². The van der Waals surface area contributed by atoms with Crippen molar-refractivity contribution in [3.63, 3.8) is 0 Å². The summed E-state index contributed by atoms with van der Waals surface area (Å²) in [5, 5.41) is 10.6. The second-order valence-corrected chi connectivity index (χ2v) is 4.48. The van der Waals surface area contributed by atoms with Crippen molar-refractivity contribution in [2.75, 3.05) is 0 Å². The van der Waals surface area contributed by atoms with Crippen molar-refractivity contribution in [1.29, 1.82) is 0 Å². The number of hydrogen-bond acceptors (Lipinski definition) is 2. The summed E-state index contributed by atoms with van der Waals surface area (Å²) < 4.78 is 1.26. The molecule has 1 unspecified atom stereocenters. The fraction of sp³-hybridized carbons (Fsp3) is 0.273. The van der Waals surface area contributed by atoms with Gasteiger partial charge in [-0.25, -0.2) is 0 Å². The first-order valence-electron chi connectivity index (χ1n) is 4.35. The van der Waals surface area contributed by atoms with Gasteiger partial charge in [-0.2, -0.15) is 0 Å². The molecule has 0 fully saturated rings. The van der Waals surface area contributed by atoms with Crippen molar-refractivity contribution in [3.05, 3.63) is 34.7 Å². The number of thiophene rings is 1. The van der Waals surface area contributed by atoms with Gasteiger partial charge in [0.15, 0.2) is 0 Å². The molecule has 1 aromatic heterocycles. The Morgan fingerprint density at radius 2 is 2.08 bits per heavy atom. The normalized spacial score (nSPS) is 13.5. The summed E-state index contributed by atoms with van der Waals surface area (Å²) in [5.74, 6) is 0. The van der Waals surface area contributed by atoms with Gasteiger partial charge in [0.25, 0.3) is 0 Å². The number of benzene rings is 1. The number of rotatable bonds is 1. The van der Waals surface area contributed by atoms with E-state index < -0.39 is 0 Å². The molecule has 0 aliphatic carbocycles. The predicted molar refractivity (Wildman–Crippen MR) is 57.2 cm³/mol. The van der Waals surface area contributed by atoms with Gasteiger partial charge in [0.1, 0.15) is 0 Å². The second-order valence-electron chi connectivity index (χ2n) is 3.37. The average molecular weight is 192 g/mol. The highest BCUT2D eigenvalue weighted by Gasteiger charge is 2.05. The summed E-state index contributed by atoms with van der Waals surface area (Å²) in [6.45, 7) is 3.89. The quantitative estimate of drug-likeness (QED) is 0.735. The molecule has 2 heteroatoms. The molecule has 0 aliphatic rings. The molecule has 0 saturated heterocycles. The molecule has 0 aliphatic heterocycles. The molecule has 1 atom stereocenters. The zero-order chi connectivity index (χ0) is 9.42. The van der Waals surface area contributed by atoms with Crippen LogP contribution >= 0.6 is 11.3 Å². The van der Waals surface area contributed by atoms with E-state index in [1.165, 1.54) is 15.6 Å². The van der Waals surface area contributed by atoms with Gasteiger partial charge in [0.2, 0.25) is 0 Å². The Balaban J connectivity index is 2.62. The van der Waals surface area contributed by atoms with Crippen molar-refractivity contribution in [2.45, 2.75) is 20.0 Å². The number of fused-ring (bicyclic) bond motifs is 1. The van der Waals surface area contributed by atoms with Crippen molar-refractivity contribution < 1.29 is 5.11 Å². The van der Waals surface area contributed by atoms with Crippen LogP contribution in [0.25, 0.3) is 10.1 Å². The van der Waals surface area contributed by atoms with Crippen LogP contribution in [-0.2, 0) is 0 Å². The number of aliphatic hydroxyl groups is 1. The van der Waals surface area contributed by atoms with Gasteiger partial charge in [-0.3, -0.25) is 0 Å². The molecule has 2 aromatic rings. The van der Waals surface area contributed by atoms with Crippen molar-refractivity contribution in [2.24, 2.45) is 0 Å². The third-order valence-corrected chi connectivity index (χ3v) is 3.37. The van der Waals surface area contributed by atoms with E-state index >= 15 is 0 Å². The number of aryl methyl sites for hydroxylation is 1. The summed E-state index contributed by atoms with van der Waals surface area (Å²) in [6.07, 6.45) is -0.349. The highest BCUT2D eigenvalue weighted by Crippen LogP contribution is 2.30. The zero-order valence-electron chi connectivity index (χ0n) is 7.74. The lowest BCUT2D eigenvalue weighted by Gasteiger charge is -1.95. The second kappa shape index (κ2) is 3.13. The van der Waals surface area contributed by atoms with Gasteiger partial charge in [-0.05, 0) is 36.9 Å². The van der Waals surface area contributed by atoms with Crippen molar-refractivity contribution in [1.82, 2.24) is 0 Å². The van der Waals surface area contributed by atoms with Crippen LogP contribution in [0.5, 0.6) is 0 Å². The highest BCUT2D eigenvalue weighted by molar-refractivity contribution is 7.19. The lowest BCUT2D eigenvalue weighted by molar-refractivity contribution is 0.203. The van der Waals surface area contributed by atoms with E-state index in [9.17, 15) is 5.11 Å². The number of aliphatic hydroxyl groups excluding tert-OH is 1. The maximum Gasteiger partial charge on any atom is 0.0854 e. The lowest BCUT2D eigenvalue weighted by Crippen LogP contribution is -1.83. The maximum absolute atomic E-state index is 9.40. The fourth-order valence-electron chi connectivity index (χ4n) is 1.36. The minimum absolute atomic E-state index is 0.349. The van der Waals surface area contributed by atoms with E-state index in [2.05, 4.69) is 31.2 Å². The monoisotopic (exact) mass is 192 g/mol. The van der Waals surface area contributed by atoms with Crippen LogP contribution < -0.4 is 0 Å². The molecule has 0 saturated carbocycles. The van der Waals surface area contributed by atoms with Crippen molar-refractivity contribution >= 4 is 21.4 Å². The zero-order valence-corrected chi connectivity index (χ0v) is 8.56. The Labute approximate surface area is 81.6 Å². The highest BCUT2D eigenvalue weighted by atomic mass is 32.1. The molecule has 68 valence electrons. The molecule has 1 nitrogen and oxygen atoms in total. The van der Waals surface area contributed by atoms with Gasteiger partial charge < -0.3 is 5.11 Å². The Morgan fingerprint density at radius 3 is 2.77 bits per heavy atom. The van der Waals surface area contributed by atoms with Crippen LogP contribution in [0.4, 0.5) is 0 Å². The van der Waals surface area contributed by atoms with Crippen LogP contribution in [0.2, 0.25) is 0 Å². The van der Waals surface area contributed by atoms with Crippen LogP contribution in [-0.4, -0.2) is 5.11 Å². The predicted octanol–water partition coefficient (Wildman–Crippen LogP) is 3.26. The SMILES string of the molecule is Cc1ccc2cc(C(C)O)sc2c1.